The Labute approximate surface area is 251 Å². The molecule has 210 valence electrons. The summed E-state index contributed by atoms with van der Waals surface area (Å²) in [5.41, 5.74) is 9.63. The van der Waals surface area contributed by atoms with Gasteiger partial charge in [-0.2, -0.15) is 0 Å². The Morgan fingerprint density at radius 2 is 1.49 bits per heavy atom. The molecule has 43 heavy (non-hydrogen) atoms. The highest BCUT2D eigenvalue weighted by molar-refractivity contribution is 5.94. The van der Waals surface area contributed by atoms with Crippen LogP contribution in [-0.4, -0.2) is 19.6 Å². The van der Waals surface area contributed by atoms with E-state index in [0.29, 0.717) is 6.47 Å². The molecule has 0 unspecified atom stereocenters. The molecule has 0 aliphatic heterocycles. The van der Waals surface area contributed by atoms with Crippen molar-refractivity contribution >= 4 is 12.4 Å². The summed E-state index contributed by atoms with van der Waals surface area (Å²) in [6.07, 6.45) is 7.65. The number of ether oxygens (including phenoxy) is 3. The van der Waals surface area contributed by atoms with Crippen LogP contribution >= 0.6 is 0 Å². The molecule has 0 fully saturated rings. The minimum Gasteiger partial charge on any atom is -0.465 e. The second-order valence-corrected chi connectivity index (χ2v) is 10.3. The van der Waals surface area contributed by atoms with Crippen LogP contribution in [0.5, 0.6) is 5.75 Å². The lowest BCUT2D eigenvalue weighted by molar-refractivity contribution is -0.129. The molecule has 0 radical (unpaired) electrons. The normalized spacial score (nSPS) is 11.8. The van der Waals surface area contributed by atoms with Crippen LogP contribution in [-0.2, 0) is 26.3 Å². The van der Waals surface area contributed by atoms with Crippen molar-refractivity contribution in [3.05, 3.63) is 123 Å². The number of hydrogen-bond donors (Lipinski definition) is 0. The highest BCUT2D eigenvalue weighted by Crippen LogP contribution is 2.57. The maximum atomic E-state index is 13.1. The van der Waals surface area contributed by atoms with Crippen LogP contribution in [0.15, 0.2) is 72.8 Å². The summed E-state index contributed by atoms with van der Waals surface area (Å²) in [6.45, 7) is 6.72. The molecule has 0 aromatic heterocycles. The van der Waals surface area contributed by atoms with Crippen molar-refractivity contribution in [1.29, 1.82) is 0 Å². The Bertz CT molecular complexity index is 1880. The number of methoxy groups -OCH3 is 1. The molecule has 5 nitrogen and oxygen atoms in total. The molecule has 0 N–H and O–H groups in total. The van der Waals surface area contributed by atoms with E-state index < -0.39 is 11.4 Å². The van der Waals surface area contributed by atoms with Crippen molar-refractivity contribution in [3.63, 3.8) is 0 Å². The van der Waals surface area contributed by atoms with Crippen LogP contribution in [0.4, 0.5) is 0 Å². The summed E-state index contributed by atoms with van der Waals surface area (Å²) in [5, 5.41) is 0. The van der Waals surface area contributed by atoms with Crippen LogP contribution in [0, 0.1) is 57.0 Å². The second kappa shape index (κ2) is 12.0. The second-order valence-electron chi connectivity index (χ2n) is 10.3. The third-order valence-electron chi connectivity index (χ3n) is 7.76. The zero-order valence-electron chi connectivity index (χ0n) is 24.3. The molecule has 0 amide bonds. The molecule has 4 aromatic carbocycles. The number of fused-ring (bicyclic) bond motifs is 3. The summed E-state index contributed by atoms with van der Waals surface area (Å²) in [7, 11) is 1.32. The standard InChI is InChI=1S/C38H28O5/c1-6-7-8-9-18-43-36-17-14-30(22-33(36)37(40)41-5)38(29-13-12-27(4)28(21-29)23-42-24-39)34-19-25(2)10-15-31(34)32-16-11-26(3)20-35(32)38/h1,10-17,19-22,24H,23H2,2-5H3. The number of terminal acetylenes is 1. The summed E-state index contributed by atoms with van der Waals surface area (Å²) >= 11 is 0. The summed E-state index contributed by atoms with van der Waals surface area (Å²) in [5.74, 6) is 9.27. The van der Waals surface area contributed by atoms with Gasteiger partial charge in [-0.15, -0.1) is 6.42 Å². The predicted molar refractivity (Wildman–Crippen MR) is 165 cm³/mol. The summed E-state index contributed by atoms with van der Waals surface area (Å²) in [6, 6.07) is 24.6. The van der Waals surface area contributed by atoms with Gasteiger partial charge in [0.1, 0.15) is 18.3 Å². The van der Waals surface area contributed by atoms with Crippen LogP contribution in [0.3, 0.4) is 0 Å². The van der Waals surface area contributed by atoms with Crippen LogP contribution in [0.2, 0.25) is 0 Å². The van der Waals surface area contributed by atoms with E-state index in [4.69, 9.17) is 20.6 Å². The minimum absolute atomic E-state index is 0.141. The molecular formula is C38H28O5. The van der Waals surface area contributed by atoms with Crippen molar-refractivity contribution in [3.8, 4) is 53.1 Å². The first kappa shape index (κ1) is 28.8. The van der Waals surface area contributed by atoms with E-state index in [1.54, 1.807) is 12.1 Å². The largest absolute Gasteiger partial charge is 0.465 e. The molecule has 0 saturated carbocycles. The van der Waals surface area contributed by atoms with Gasteiger partial charge in [0.25, 0.3) is 6.47 Å². The van der Waals surface area contributed by atoms with Gasteiger partial charge in [-0.05, 0) is 89.3 Å². The highest BCUT2D eigenvalue weighted by Gasteiger charge is 2.47. The molecule has 1 aliphatic rings. The van der Waals surface area contributed by atoms with Gasteiger partial charge < -0.3 is 14.2 Å². The van der Waals surface area contributed by atoms with Crippen molar-refractivity contribution in [2.45, 2.75) is 32.8 Å². The van der Waals surface area contributed by atoms with Crippen molar-refractivity contribution in [1.82, 2.24) is 0 Å². The number of carbonyl (C=O) groups excluding carboxylic acids is 2. The number of carbonyl (C=O) groups is 2. The quantitative estimate of drug-likeness (QED) is 0.130. The molecule has 0 heterocycles. The smallest absolute Gasteiger partial charge is 0.341 e. The Hall–Kier alpha value is -5.70. The Morgan fingerprint density at radius 3 is 2.12 bits per heavy atom. The molecule has 4 aromatic rings. The molecule has 0 bridgehead atoms. The van der Waals surface area contributed by atoms with E-state index in [-0.39, 0.29) is 17.9 Å². The van der Waals surface area contributed by atoms with Gasteiger partial charge in [-0.3, -0.25) is 4.79 Å². The Morgan fingerprint density at radius 1 is 0.837 bits per heavy atom. The van der Waals surface area contributed by atoms with Crippen LogP contribution in [0.25, 0.3) is 11.1 Å². The first-order valence-electron chi connectivity index (χ1n) is 13.6. The van der Waals surface area contributed by atoms with E-state index in [1.165, 1.54) is 7.11 Å². The summed E-state index contributed by atoms with van der Waals surface area (Å²) in [4.78, 5) is 24.2. The van der Waals surface area contributed by atoms with E-state index in [0.717, 1.165) is 55.6 Å². The molecule has 0 saturated heterocycles. The number of rotatable bonds is 7. The maximum Gasteiger partial charge on any atom is 0.341 e. The van der Waals surface area contributed by atoms with E-state index >= 15 is 0 Å². The minimum atomic E-state index is -0.822. The summed E-state index contributed by atoms with van der Waals surface area (Å²) < 4.78 is 16.0. The maximum absolute atomic E-state index is 13.1. The lowest BCUT2D eigenvalue weighted by atomic mass is 9.66. The zero-order chi connectivity index (χ0) is 30.6. The van der Waals surface area contributed by atoms with Gasteiger partial charge in [-0.25, -0.2) is 4.79 Å². The molecule has 1 aliphatic carbocycles. The van der Waals surface area contributed by atoms with Crippen molar-refractivity contribution < 1.29 is 23.8 Å². The van der Waals surface area contributed by atoms with Crippen LogP contribution < -0.4 is 4.74 Å². The third-order valence-corrected chi connectivity index (χ3v) is 7.76. The lowest BCUT2D eigenvalue weighted by Crippen LogP contribution is -2.29. The van der Waals surface area contributed by atoms with Gasteiger partial charge in [0.15, 0.2) is 5.75 Å². The third kappa shape index (κ3) is 5.12. The van der Waals surface area contributed by atoms with E-state index in [1.807, 2.05) is 19.1 Å². The van der Waals surface area contributed by atoms with Gasteiger partial charge >= 0.3 is 5.97 Å². The van der Waals surface area contributed by atoms with Gasteiger partial charge in [0.05, 0.1) is 12.5 Å². The number of esters is 1. The topological polar surface area (TPSA) is 61.8 Å². The molecule has 5 rings (SSSR count). The lowest BCUT2D eigenvalue weighted by Gasteiger charge is -2.35. The number of hydrogen-bond acceptors (Lipinski definition) is 5. The van der Waals surface area contributed by atoms with E-state index in [9.17, 15) is 9.59 Å². The fraction of sp³-hybridized carbons (Fsp3) is 0.158. The zero-order valence-corrected chi connectivity index (χ0v) is 24.3. The molecule has 0 spiro atoms. The molecule has 0 atom stereocenters. The Balaban J connectivity index is 1.86. The van der Waals surface area contributed by atoms with Crippen LogP contribution in [0.1, 0.15) is 54.9 Å². The predicted octanol–water partition coefficient (Wildman–Crippen LogP) is 6.41. The number of benzene rings is 4. The molecular weight excluding hydrogens is 536 g/mol. The molecule has 5 heteroatoms. The van der Waals surface area contributed by atoms with Crippen molar-refractivity contribution in [2.75, 3.05) is 7.11 Å². The SMILES string of the molecule is C#CC#CC#COc1ccc(C2(c3ccc(C)c(COC=O)c3)c3cc(C)ccc3-c3ccc(C)cc32)cc1C(=O)OC. The van der Waals surface area contributed by atoms with Gasteiger partial charge in [-0.1, -0.05) is 71.8 Å². The highest BCUT2D eigenvalue weighted by atomic mass is 16.5. The van der Waals surface area contributed by atoms with Gasteiger partial charge in [0, 0.05) is 11.8 Å². The number of aryl methyl sites for hydroxylation is 3. The van der Waals surface area contributed by atoms with Crippen molar-refractivity contribution in [2.24, 2.45) is 0 Å². The monoisotopic (exact) mass is 564 g/mol. The average Bonchev–Trinajstić information content (AvgIpc) is 3.29. The first-order valence-corrected chi connectivity index (χ1v) is 13.6. The fourth-order valence-corrected chi connectivity index (χ4v) is 5.82. The van der Waals surface area contributed by atoms with Gasteiger partial charge in [0.2, 0.25) is 0 Å². The Kier molecular flexibility index (Phi) is 8.07. The first-order chi connectivity index (χ1) is 20.8. The van der Waals surface area contributed by atoms with E-state index in [2.05, 4.69) is 92.2 Å². The fourth-order valence-electron chi connectivity index (χ4n) is 5.82. The average molecular weight is 565 g/mol.